The highest BCUT2D eigenvalue weighted by Crippen LogP contribution is 2.29. The van der Waals surface area contributed by atoms with Crippen molar-refractivity contribution in [2.45, 2.75) is 27.2 Å². The lowest BCUT2D eigenvalue weighted by molar-refractivity contribution is 0.0775. The highest BCUT2D eigenvalue weighted by molar-refractivity contribution is 5.95. The van der Waals surface area contributed by atoms with Crippen LogP contribution in [-0.2, 0) is 0 Å². The molecule has 2 heterocycles. The first-order valence-corrected chi connectivity index (χ1v) is 6.39. The highest BCUT2D eigenvalue weighted by Gasteiger charge is 2.35. The fraction of sp³-hybridized carbons (Fsp3) is 0.571. The molecule has 6 heteroatoms. The minimum absolute atomic E-state index is 0. The van der Waals surface area contributed by atoms with Crippen molar-refractivity contribution in [3.05, 3.63) is 29.1 Å². The number of pyridine rings is 1. The van der Waals surface area contributed by atoms with Crippen LogP contribution >= 0.6 is 24.8 Å². The number of carbonyl (C=O) groups excluding carboxylic acids is 1. The molecule has 0 aromatic carbocycles. The molecule has 1 aromatic rings. The molecule has 1 unspecified atom stereocenters. The molecular weight excluding hydrogens is 297 g/mol. The van der Waals surface area contributed by atoms with Crippen molar-refractivity contribution in [2.75, 3.05) is 19.6 Å². The first-order chi connectivity index (χ1) is 8.45. The fourth-order valence-electron chi connectivity index (χ4n) is 2.45. The number of carbonyl (C=O) groups is 1. The molecule has 0 bridgehead atoms. The van der Waals surface area contributed by atoms with Crippen LogP contribution in [0.15, 0.2) is 12.1 Å². The second-order valence-electron chi connectivity index (χ2n) is 5.58. The monoisotopic (exact) mass is 319 g/mol. The van der Waals surface area contributed by atoms with Gasteiger partial charge in [-0.1, -0.05) is 6.92 Å². The van der Waals surface area contributed by atoms with Crippen LogP contribution in [-0.4, -0.2) is 35.4 Å². The summed E-state index contributed by atoms with van der Waals surface area (Å²) in [5, 5.41) is 0. The molecule has 1 amide bonds. The van der Waals surface area contributed by atoms with Crippen LogP contribution in [0.2, 0.25) is 0 Å². The van der Waals surface area contributed by atoms with Crippen molar-refractivity contribution < 1.29 is 4.79 Å². The van der Waals surface area contributed by atoms with Crippen molar-refractivity contribution in [3.8, 4) is 0 Å². The summed E-state index contributed by atoms with van der Waals surface area (Å²) in [6.45, 7) is 8.12. The maximum atomic E-state index is 12.4. The maximum Gasteiger partial charge on any atom is 0.255 e. The lowest BCUT2D eigenvalue weighted by atomic mass is 9.90. The predicted octanol–water partition coefficient (Wildman–Crippen LogP) is 2.35. The van der Waals surface area contributed by atoms with Crippen LogP contribution in [0.5, 0.6) is 0 Å². The molecule has 1 fully saturated rings. The molecule has 1 aliphatic heterocycles. The predicted molar refractivity (Wildman–Crippen MR) is 85.9 cm³/mol. The first kappa shape index (κ1) is 19.2. The minimum atomic E-state index is 0. The van der Waals surface area contributed by atoms with Gasteiger partial charge in [0, 0.05) is 18.8 Å². The van der Waals surface area contributed by atoms with Gasteiger partial charge in [-0.15, -0.1) is 24.8 Å². The largest absolute Gasteiger partial charge is 0.338 e. The van der Waals surface area contributed by atoms with E-state index in [1.165, 1.54) is 0 Å². The van der Waals surface area contributed by atoms with Gasteiger partial charge in [-0.2, -0.15) is 0 Å². The number of aromatic nitrogens is 1. The fourth-order valence-corrected chi connectivity index (χ4v) is 2.45. The van der Waals surface area contributed by atoms with Crippen LogP contribution in [0.4, 0.5) is 0 Å². The Kier molecular flexibility index (Phi) is 6.94. The van der Waals surface area contributed by atoms with Crippen molar-refractivity contribution in [2.24, 2.45) is 11.1 Å². The number of halogens is 2. The molecule has 20 heavy (non-hydrogen) atoms. The van der Waals surface area contributed by atoms with Crippen LogP contribution < -0.4 is 5.73 Å². The summed E-state index contributed by atoms with van der Waals surface area (Å²) in [6.07, 6.45) is 0.980. The maximum absolute atomic E-state index is 12.4. The van der Waals surface area contributed by atoms with Gasteiger partial charge in [0.15, 0.2) is 0 Å². The zero-order valence-corrected chi connectivity index (χ0v) is 13.8. The van der Waals surface area contributed by atoms with Crippen LogP contribution in [0.25, 0.3) is 0 Å². The Labute approximate surface area is 132 Å². The number of hydrogen-bond donors (Lipinski definition) is 1. The van der Waals surface area contributed by atoms with Crippen LogP contribution in [0.1, 0.15) is 35.1 Å². The summed E-state index contributed by atoms with van der Waals surface area (Å²) in [7, 11) is 0. The van der Waals surface area contributed by atoms with Gasteiger partial charge >= 0.3 is 0 Å². The lowest BCUT2D eigenvalue weighted by Gasteiger charge is -2.23. The van der Waals surface area contributed by atoms with E-state index < -0.39 is 0 Å². The zero-order valence-electron chi connectivity index (χ0n) is 12.2. The van der Waals surface area contributed by atoms with Gasteiger partial charge in [0.05, 0.1) is 11.3 Å². The highest BCUT2D eigenvalue weighted by atomic mass is 35.5. The van der Waals surface area contributed by atoms with Gasteiger partial charge in [-0.3, -0.25) is 9.78 Å². The van der Waals surface area contributed by atoms with E-state index in [9.17, 15) is 4.79 Å². The number of aryl methyl sites for hydroxylation is 2. The summed E-state index contributed by atoms with van der Waals surface area (Å²) in [4.78, 5) is 18.7. The third-order valence-corrected chi connectivity index (χ3v) is 3.79. The normalized spacial score (nSPS) is 21.1. The molecule has 1 aliphatic rings. The quantitative estimate of drug-likeness (QED) is 0.910. The van der Waals surface area contributed by atoms with Crippen LogP contribution in [0.3, 0.4) is 0 Å². The number of hydrogen-bond acceptors (Lipinski definition) is 3. The van der Waals surface area contributed by atoms with E-state index in [0.717, 1.165) is 30.9 Å². The summed E-state index contributed by atoms with van der Waals surface area (Å²) < 4.78 is 0. The Bertz CT molecular complexity index is 481. The van der Waals surface area contributed by atoms with Crippen molar-refractivity contribution in [1.29, 1.82) is 0 Å². The summed E-state index contributed by atoms with van der Waals surface area (Å²) in [5.74, 6) is 0.0807. The minimum Gasteiger partial charge on any atom is -0.338 e. The Balaban J connectivity index is 0.00000180. The van der Waals surface area contributed by atoms with Crippen LogP contribution in [0, 0.1) is 19.3 Å². The number of rotatable bonds is 2. The Morgan fingerprint density at radius 1 is 1.40 bits per heavy atom. The smallest absolute Gasteiger partial charge is 0.255 e. The van der Waals surface area contributed by atoms with Crippen molar-refractivity contribution in [3.63, 3.8) is 0 Å². The third-order valence-electron chi connectivity index (χ3n) is 3.79. The summed E-state index contributed by atoms with van der Waals surface area (Å²) in [5.41, 5.74) is 8.30. The SMILES string of the molecule is Cc1ccc(C(=O)N2CCC(C)(CN)C2)c(C)n1.Cl.Cl. The van der Waals surface area contributed by atoms with Crippen molar-refractivity contribution >= 4 is 30.7 Å². The second kappa shape index (κ2) is 7.25. The molecule has 0 saturated carbocycles. The molecule has 0 radical (unpaired) electrons. The number of nitrogens with two attached hydrogens (primary N) is 1. The van der Waals surface area contributed by atoms with Gasteiger partial charge in [0.2, 0.25) is 0 Å². The topological polar surface area (TPSA) is 59.2 Å². The second-order valence-corrected chi connectivity index (χ2v) is 5.58. The number of likely N-dealkylation sites (tertiary alicyclic amines) is 1. The Morgan fingerprint density at radius 2 is 2.05 bits per heavy atom. The Morgan fingerprint density at radius 3 is 2.55 bits per heavy atom. The number of nitrogens with zero attached hydrogens (tertiary/aromatic N) is 2. The average molecular weight is 320 g/mol. The number of amides is 1. The van der Waals surface area contributed by atoms with Crippen molar-refractivity contribution in [1.82, 2.24) is 9.88 Å². The van der Waals surface area contributed by atoms with E-state index >= 15 is 0 Å². The summed E-state index contributed by atoms with van der Waals surface area (Å²) in [6, 6.07) is 3.76. The molecule has 0 aliphatic carbocycles. The van der Waals surface area contributed by atoms with E-state index in [0.29, 0.717) is 12.1 Å². The van der Waals surface area contributed by atoms with Gasteiger partial charge in [-0.25, -0.2) is 0 Å². The molecule has 2 N–H and O–H groups in total. The Hall–Kier alpha value is -0.840. The molecular formula is C14H23Cl2N3O. The van der Waals surface area contributed by atoms with E-state index in [-0.39, 0.29) is 36.1 Å². The molecule has 2 rings (SSSR count). The lowest BCUT2D eigenvalue weighted by Crippen LogP contribution is -2.34. The first-order valence-electron chi connectivity index (χ1n) is 6.39. The molecule has 0 spiro atoms. The molecule has 1 aromatic heterocycles. The molecule has 1 atom stereocenters. The van der Waals surface area contributed by atoms with Gasteiger partial charge < -0.3 is 10.6 Å². The third kappa shape index (κ3) is 3.84. The van der Waals surface area contributed by atoms with E-state index in [4.69, 9.17) is 5.73 Å². The molecule has 1 saturated heterocycles. The summed E-state index contributed by atoms with van der Waals surface area (Å²) >= 11 is 0. The van der Waals surface area contributed by atoms with Gasteiger partial charge in [-0.05, 0) is 44.4 Å². The van der Waals surface area contributed by atoms with Gasteiger partial charge in [0.1, 0.15) is 0 Å². The molecule has 114 valence electrons. The van der Waals surface area contributed by atoms with E-state index in [2.05, 4.69) is 11.9 Å². The van der Waals surface area contributed by atoms with Gasteiger partial charge in [0.25, 0.3) is 5.91 Å². The van der Waals surface area contributed by atoms with E-state index in [1.807, 2.05) is 30.9 Å². The van der Waals surface area contributed by atoms with E-state index in [1.54, 1.807) is 0 Å². The zero-order chi connectivity index (χ0) is 13.3. The standard InChI is InChI=1S/C14H21N3O.2ClH/c1-10-4-5-12(11(2)16-10)13(18)17-7-6-14(3,8-15)9-17;;/h4-5H,6-9,15H2,1-3H3;2*1H. The average Bonchev–Trinajstić information content (AvgIpc) is 2.72. The molecule has 4 nitrogen and oxygen atoms in total.